The second kappa shape index (κ2) is 2.30. The van der Waals surface area contributed by atoms with E-state index in [1.165, 1.54) is 6.20 Å². The van der Waals surface area contributed by atoms with Gasteiger partial charge in [-0.15, -0.1) is 0 Å². The summed E-state index contributed by atoms with van der Waals surface area (Å²) in [6, 6.07) is 0. The molecule has 9 heavy (non-hydrogen) atoms. The van der Waals surface area contributed by atoms with Crippen LogP contribution in [0.1, 0.15) is 5.69 Å². The number of hydrogen-bond acceptors (Lipinski definition) is 3. The van der Waals surface area contributed by atoms with E-state index in [1.807, 2.05) is 0 Å². The van der Waals surface area contributed by atoms with Gasteiger partial charge in [-0.05, 0) is 6.92 Å². The Labute approximate surface area is 51.8 Å². The molecule has 1 aromatic rings. The van der Waals surface area contributed by atoms with Gasteiger partial charge in [0.1, 0.15) is 0 Å². The van der Waals surface area contributed by atoms with Crippen LogP contribution in [0.15, 0.2) is 6.20 Å². The first-order valence-electron chi connectivity index (χ1n) is 2.45. The smallest absolute Gasteiger partial charge is 0.298 e. The van der Waals surface area contributed by atoms with Gasteiger partial charge in [-0.1, -0.05) is 0 Å². The Morgan fingerprint density at radius 3 is 3.11 bits per heavy atom. The lowest BCUT2D eigenvalue weighted by molar-refractivity contribution is -0.120. The van der Waals surface area contributed by atoms with E-state index in [-0.39, 0.29) is 0 Å². The van der Waals surface area contributed by atoms with Gasteiger partial charge >= 0.3 is 0 Å². The van der Waals surface area contributed by atoms with Crippen molar-refractivity contribution >= 4 is 6.47 Å². The molecule has 1 heterocycles. The summed E-state index contributed by atoms with van der Waals surface area (Å²) in [7, 11) is 0. The molecule has 4 heteroatoms. The summed E-state index contributed by atoms with van der Waals surface area (Å²) in [5.41, 5.74) is 0.752. The number of ether oxygens (including phenoxy) is 1. The van der Waals surface area contributed by atoms with Crippen molar-refractivity contribution in [1.82, 2.24) is 10.2 Å². The molecule has 1 rings (SSSR count). The van der Waals surface area contributed by atoms with E-state index >= 15 is 0 Å². The van der Waals surface area contributed by atoms with Gasteiger partial charge in [-0.25, -0.2) is 0 Å². The summed E-state index contributed by atoms with van der Waals surface area (Å²) < 4.78 is 4.50. The molecule has 0 fully saturated rings. The molecule has 0 aliphatic carbocycles. The van der Waals surface area contributed by atoms with Crippen molar-refractivity contribution in [2.45, 2.75) is 6.92 Å². The van der Waals surface area contributed by atoms with Crippen LogP contribution in [-0.4, -0.2) is 16.7 Å². The number of aromatic amines is 1. The summed E-state index contributed by atoms with van der Waals surface area (Å²) in [5, 5.41) is 6.25. The molecule has 0 radical (unpaired) electrons. The van der Waals surface area contributed by atoms with Crippen LogP contribution in [-0.2, 0) is 4.79 Å². The first-order valence-corrected chi connectivity index (χ1v) is 2.45. The van der Waals surface area contributed by atoms with Gasteiger partial charge in [0.2, 0.25) is 0 Å². The van der Waals surface area contributed by atoms with Crippen molar-refractivity contribution in [2.24, 2.45) is 0 Å². The van der Waals surface area contributed by atoms with Crippen LogP contribution in [0, 0.1) is 6.92 Å². The maximum Gasteiger partial charge on any atom is 0.298 e. The van der Waals surface area contributed by atoms with Gasteiger partial charge in [-0.3, -0.25) is 9.89 Å². The first kappa shape index (κ1) is 5.81. The SMILES string of the molecule is Cc1[nH]ncc1OC=O. The predicted octanol–water partition coefficient (Wildman–Crippen LogP) is 0.253. The summed E-state index contributed by atoms with van der Waals surface area (Å²) in [5.74, 6) is 0.477. The zero-order valence-electron chi connectivity index (χ0n) is 4.92. The molecule has 0 amide bonds. The minimum Gasteiger partial charge on any atom is -0.425 e. The zero-order chi connectivity index (χ0) is 6.69. The van der Waals surface area contributed by atoms with Gasteiger partial charge in [0.25, 0.3) is 6.47 Å². The van der Waals surface area contributed by atoms with E-state index in [4.69, 9.17) is 0 Å². The number of nitrogens with one attached hydrogen (secondary N) is 1. The normalized spacial score (nSPS) is 9.00. The van der Waals surface area contributed by atoms with Gasteiger partial charge in [0, 0.05) is 0 Å². The number of carbonyl (C=O) groups is 1. The number of hydrogen-bond donors (Lipinski definition) is 1. The van der Waals surface area contributed by atoms with Crippen LogP contribution in [0.2, 0.25) is 0 Å². The fourth-order valence-electron chi connectivity index (χ4n) is 0.510. The number of carbonyl (C=O) groups excluding carboxylic acids is 1. The molecular formula is C5H6N2O2. The van der Waals surface area contributed by atoms with Crippen molar-refractivity contribution in [3.8, 4) is 5.75 Å². The standard InChI is InChI=1S/C5H6N2O2/c1-4-5(9-3-8)2-6-7-4/h2-3H,1H3,(H,6,7). The molecule has 0 aliphatic heterocycles. The molecule has 48 valence electrons. The summed E-state index contributed by atoms with van der Waals surface area (Å²) in [6.07, 6.45) is 1.45. The Morgan fingerprint density at radius 2 is 2.67 bits per heavy atom. The molecule has 1 aromatic heterocycles. The molecule has 0 saturated heterocycles. The number of H-pyrrole nitrogens is 1. The lowest BCUT2D eigenvalue weighted by atomic mass is 10.5. The van der Waals surface area contributed by atoms with Crippen molar-refractivity contribution < 1.29 is 9.53 Å². The fraction of sp³-hybridized carbons (Fsp3) is 0.200. The van der Waals surface area contributed by atoms with Crippen molar-refractivity contribution in [3.05, 3.63) is 11.9 Å². The maximum absolute atomic E-state index is 9.76. The molecule has 0 spiro atoms. The molecular weight excluding hydrogens is 120 g/mol. The van der Waals surface area contributed by atoms with E-state index in [2.05, 4.69) is 14.9 Å². The Morgan fingerprint density at radius 1 is 1.89 bits per heavy atom. The van der Waals surface area contributed by atoms with Crippen LogP contribution in [0.4, 0.5) is 0 Å². The van der Waals surface area contributed by atoms with Gasteiger partial charge in [0.05, 0.1) is 11.9 Å². The molecule has 0 unspecified atom stereocenters. The Balaban J connectivity index is 2.80. The third kappa shape index (κ3) is 1.07. The van der Waals surface area contributed by atoms with Crippen LogP contribution >= 0.6 is 0 Å². The zero-order valence-corrected chi connectivity index (χ0v) is 4.92. The molecule has 0 aromatic carbocycles. The van der Waals surface area contributed by atoms with E-state index < -0.39 is 0 Å². The topological polar surface area (TPSA) is 55.0 Å². The fourth-order valence-corrected chi connectivity index (χ4v) is 0.510. The average molecular weight is 126 g/mol. The Kier molecular flexibility index (Phi) is 1.48. The minimum absolute atomic E-state index is 0.373. The summed E-state index contributed by atoms with van der Waals surface area (Å²) >= 11 is 0. The highest BCUT2D eigenvalue weighted by atomic mass is 16.5. The molecule has 0 atom stereocenters. The lowest BCUT2D eigenvalue weighted by Gasteiger charge is -1.89. The number of nitrogens with zero attached hydrogens (tertiary/aromatic N) is 1. The second-order valence-electron chi connectivity index (χ2n) is 1.57. The molecule has 1 N–H and O–H groups in total. The Hall–Kier alpha value is -1.32. The number of rotatable bonds is 2. The summed E-state index contributed by atoms with van der Waals surface area (Å²) in [6.45, 7) is 2.14. The molecule has 4 nitrogen and oxygen atoms in total. The van der Waals surface area contributed by atoms with Crippen LogP contribution in [0.25, 0.3) is 0 Å². The largest absolute Gasteiger partial charge is 0.425 e. The van der Waals surface area contributed by atoms with E-state index in [0.29, 0.717) is 12.2 Å². The quantitative estimate of drug-likeness (QED) is 0.578. The van der Waals surface area contributed by atoms with E-state index in [0.717, 1.165) is 5.69 Å². The van der Waals surface area contributed by atoms with Crippen LogP contribution < -0.4 is 4.74 Å². The van der Waals surface area contributed by atoms with Crippen molar-refractivity contribution in [3.63, 3.8) is 0 Å². The maximum atomic E-state index is 9.76. The van der Waals surface area contributed by atoms with Gasteiger partial charge in [0.15, 0.2) is 5.75 Å². The van der Waals surface area contributed by atoms with Gasteiger partial charge < -0.3 is 4.74 Å². The number of aryl methyl sites for hydroxylation is 1. The van der Waals surface area contributed by atoms with E-state index in [1.54, 1.807) is 6.92 Å². The second-order valence-corrected chi connectivity index (χ2v) is 1.57. The first-order chi connectivity index (χ1) is 4.34. The van der Waals surface area contributed by atoms with Crippen molar-refractivity contribution in [2.75, 3.05) is 0 Å². The highest BCUT2D eigenvalue weighted by Crippen LogP contribution is 2.10. The number of aromatic nitrogens is 2. The van der Waals surface area contributed by atoms with E-state index in [9.17, 15) is 4.79 Å². The monoisotopic (exact) mass is 126 g/mol. The highest BCUT2D eigenvalue weighted by molar-refractivity contribution is 5.45. The van der Waals surface area contributed by atoms with Crippen LogP contribution in [0.3, 0.4) is 0 Å². The third-order valence-electron chi connectivity index (χ3n) is 0.959. The molecule has 0 bridgehead atoms. The average Bonchev–Trinajstić information content (AvgIpc) is 2.18. The highest BCUT2D eigenvalue weighted by Gasteiger charge is 1.97. The minimum atomic E-state index is 0.373. The molecule has 0 saturated carbocycles. The van der Waals surface area contributed by atoms with Crippen LogP contribution in [0.5, 0.6) is 5.75 Å². The summed E-state index contributed by atoms with van der Waals surface area (Å²) in [4.78, 5) is 9.76. The predicted molar refractivity (Wildman–Crippen MR) is 30.0 cm³/mol. The third-order valence-corrected chi connectivity index (χ3v) is 0.959. The lowest BCUT2D eigenvalue weighted by Crippen LogP contribution is -1.87. The Bertz CT molecular complexity index is 206. The van der Waals surface area contributed by atoms with Gasteiger partial charge in [-0.2, -0.15) is 5.10 Å². The molecule has 0 aliphatic rings. The van der Waals surface area contributed by atoms with Crippen molar-refractivity contribution in [1.29, 1.82) is 0 Å².